The van der Waals surface area contributed by atoms with Gasteiger partial charge in [0, 0.05) is 5.57 Å². The third-order valence-electron chi connectivity index (χ3n) is 1.64. The molecular formula is C8H10O4. The first-order valence-electron chi connectivity index (χ1n) is 3.69. The molecule has 0 bridgehead atoms. The van der Waals surface area contributed by atoms with E-state index in [2.05, 4.69) is 11.3 Å². The fourth-order valence-corrected chi connectivity index (χ4v) is 0.948. The van der Waals surface area contributed by atoms with Crippen molar-refractivity contribution in [2.24, 2.45) is 5.92 Å². The number of rotatable bonds is 2. The molecule has 0 spiro atoms. The van der Waals surface area contributed by atoms with Gasteiger partial charge in [0.25, 0.3) is 0 Å². The molecule has 1 rings (SSSR count). The maximum Gasteiger partial charge on any atom is 0.334 e. The molecule has 1 saturated heterocycles. The standard InChI is InChI=1S/C8H10O4/c1-3-11-8(10)6-4-12-7(9)5(6)2/h6H,2-4H2,1H3/t6-/m1/s1. The Hall–Kier alpha value is -1.32. The molecule has 0 radical (unpaired) electrons. The Balaban J connectivity index is 2.59. The van der Waals surface area contributed by atoms with Crippen molar-refractivity contribution >= 4 is 11.9 Å². The lowest BCUT2D eigenvalue weighted by atomic mass is 10.1. The number of hydrogen-bond donors (Lipinski definition) is 0. The molecule has 0 saturated carbocycles. The average molecular weight is 170 g/mol. The van der Waals surface area contributed by atoms with E-state index in [9.17, 15) is 9.59 Å². The van der Waals surface area contributed by atoms with Gasteiger partial charge in [-0.25, -0.2) is 4.79 Å². The molecule has 0 aromatic carbocycles. The maximum absolute atomic E-state index is 11.1. The zero-order chi connectivity index (χ0) is 9.14. The van der Waals surface area contributed by atoms with E-state index in [0.29, 0.717) is 6.61 Å². The summed E-state index contributed by atoms with van der Waals surface area (Å²) in [6.07, 6.45) is 0. The monoisotopic (exact) mass is 170 g/mol. The van der Waals surface area contributed by atoms with Crippen LogP contribution in [0.25, 0.3) is 0 Å². The zero-order valence-electron chi connectivity index (χ0n) is 6.83. The number of carbonyl (C=O) groups excluding carboxylic acids is 2. The molecule has 0 amide bonds. The van der Waals surface area contributed by atoms with Gasteiger partial charge in [0.05, 0.1) is 6.61 Å². The van der Waals surface area contributed by atoms with Gasteiger partial charge >= 0.3 is 11.9 Å². The minimum atomic E-state index is -0.600. The van der Waals surface area contributed by atoms with Crippen molar-refractivity contribution in [3.05, 3.63) is 12.2 Å². The summed E-state index contributed by atoms with van der Waals surface area (Å²) in [4.78, 5) is 21.8. The summed E-state index contributed by atoms with van der Waals surface area (Å²) < 4.78 is 9.32. The summed E-state index contributed by atoms with van der Waals surface area (Å²) in [7, 11) is 0. The molecule has 1 aliphatic heterocycles. The molecule has 12 heavy (non-hydrogen) atoms. The Labute approximate surface area is 70.1 Å². The van der Waals surface area contributed by atoms with E-state index in [1.807, 2.05) is 0 Å². The number of esters is 2. The first kappa shape index (κ1) is 8.77. The number of cyclic esters (lactones) is 1. The third-order valence-corrected chi connectivity index (χ3v) is 1.64. The Morgan fingerprint density at radius 2 is 2.50 bits per heavy atom. The van der Waals surface area contributed by atoms with Gasteiger partial charge in [-0.2, -0.15) is 0 Å². The molecule has 1 fully saturated rings. The van der Waals surface area contributed by atoms with Gasteiger partial charge in [-0.1, -0.05) is 6.58 Å². The number of carbonyl (C=O) groups is 2. The molecule has 0 aliphatic carbocycles. The van der Waals surface area contributed by atoms with Crippen molar-refractivity contribution < 1.29 is 19.1 Å². The van der Waals surface area contributed by atoms with Crippen molar-refractivity contribution in [1.29, 1.82) is 0 Å². The highest BCUT2D eigenvalue weighted by molar-refractivity contribution is 5.97. The predicted molar refractivity (Wildman–Crippen MR) is 40.2 cm³/mol. The summed E-state index contributed by atoms with van der Waals surface area (Å²) >= 11 is 0. The van der Waals surface area contributed by atoms with Gasteiger partial charge in [0.15, 0.2) is 0 Å². The van der Waals surface area contributed by atoms with E-state index in [0.717, 1.165) is 0 Å². The van der Waals surface area contributed by atoms with Gasteiger partial charge < -0.3 is 9.47 Å². The van der Waals surface area contributed by atoms with Crippen LogP contribution in [0.5, 0.6) is 0 Å². The highest BCUT2D eigenvalue weighted by Gasteiger charge is 2.35. The average Bonchev–Trinajstić information content (AvgIpc) is 2.34. The molecule has 1 heterocycles. The van der Waals surface area contributed by atoms with Crippen LogP contribution < -0.4 is 0 Å². The lowest BCUT2D eigenvalue weighted by Crippen LogP contribution is -2.19. The lowest BCUT2D eigenvalue weighted by Gasteiger charge is -2.05. The van der Waals surface area contributed by atoms with Crippen molar-refractivity contribution in [3.63, 3.8) is 0 Å². The molecule has 4 nitrogen and oxygen atoms in total. The molecule has 0 aromatic rings. The molecule has 1 atom stereocenters. The Morgan fingerprint density at radius 1 is 1.83 bits per heavy atom. The van der Waals surface area contributed by atoms with E-state index in [1.54, 1.807) is 6.92 Å². The lowest BCUT2D eigenvalue weighted by molar-refractivity contribution is -0.146. The van der Waals surface area contributed by atoms with E-state index in [4.69, 9.17) is 4.74 Å². The quantitative estimate of drug-likeness (QED) is 0.441. The fraction of sp³-hybridized carbons (Fsp3) is 0.500. The van der Waals surface area contributed by atoms with Crippen molar-refractivity contribution in [3.8, 4) is 0 Å². The summed E-state index contributed by atoms with van der Waals surface area (Å²) in [5.41, 5.74) is 0.188. The molecule has 1 aliphatic rings. The molecular weight excluding hydrogens is 160 g/mol. The first-order chi connectivity index (χ1) is 5.66. The van der Waals surface area contributed by atoms with Crippen LogP contribution >= 0.6 is 0 Å². The Bertz CT molecular complexity index is 231. The Kier molecular flexibility index (Phi) is 2.47. The normalized spacial score (nSPS) is 22.2. The summed E-state index contributed by atoms with van der Waals surface area (Å²) in [6, 6.07) is 0. The minimum Gasteiger partial charge on any atom is -0.465 e. The highest BCUT2D eigenvalue weighted by atomic mass is 16.6. The predicted octanol–water partition coefficient (Wildman–Crippen LogP) is 0.279. The topological polar surface area (TPSA) is 52.6 Å². The summed E-state index contributed by atoms with van der Waals surface area (Å²) in [5, 5.41) is 0. The van der Waals surface area contributed by atoms with E-state index >= 15 is 0 Å². The van der Waals surface area contributed by atoms with Crippen LogP contribution in [0.4, 0.5) is 0 Å². The zero-order valence-corrected chi connectivity index (χ0v) is 6.83. The number of ether oxygens (including phenoxy) is 2. The fourth-order valence-electron chi connectivity index (χ4n) is 0.948. The largest absolute Gasteiger partial charge is 0.465 e. The minimum absolute atomic E-state index is 0.0660. The summed E-state index contributed by atoms with van der Waals surface area (Å²) in [5.74, 6) is -1.54. The van der Waals surface area contributed by atoms with E-state index < -0.39 is 17.9 Å². The highest BCUT2D eigenvalue weighted by Crippen LogP contribution is 2.20. The molecule has 0 aromatic heterocycles. The van der Waals surface area contributed by atoms with Crippen molar-refractivity contribution in [2.75, 3.05) is 13.2 Å². The molecule has 4 heteroatoms. The van der Waals surface area contributed by atoms with Crippen molar-refractivity contribution in [2.45, 2.75) is 6.92 Å². The van der Waals surface area contributed by atoms with E-state index in [1.165, 1.54) is 0 Å². The van der Waals surface area contributed by atoms with Gasteiger partial charge in [0.2, 0.25) is 0 Å². The molecule has 66 valence electrons. The van der Waals surface area contributed by atoms with Crippen LogP contribution in [-0.2, 0) is 19.1 Å². The van der Waals surface area contributed by atoms with Gasteiger partial charge in [-0.05, 0) is 6.92 Å². The van der Waals surface area contributed by atoms with Crippen molar-refractivity contribution in [1.82, 2.24) is 0 Å². The summed E-state index contributed by atoms with van der Waals surface area (Å²) in [6.45, 7) is 5.52. The van der Waals surface area contributed by atoms with Crippen LogP contribution in [0.1, 0.15) is 6.92 Å². The second-order valence-corrected chi connectivity index (χ2v) is 2.43. The Morgan fingerprint density at radius 3 is 2.92 bits per heavy atom. The van der Waals surface area contributed by atoms with Crippen LogP contribution in [0.2, 0.25) is 0 Å². The second kappa shape index (κ2) is 3.38. The second-order valence-electron chi connectivity index (χ2n) is 2.43. The van der Waals surface area contributed by atoms with Crippen LogP contribution in [0, 0.1) is 5.92 Å². The molecule has 0 N–H and O–H groups in total. The SMILES string of the molecule is C=C1C(=O)OC[C@H]1C(=O)OCC. The smallest absolute Gasteiger partial charge is 0.334 e. The first-order valence-corrected chi connectivity index (χ1v) is 3.69. The molecule has 0 unspecified atom stereocenters. The third kappa shape index (κ3) is 1.47. The number of hydrogen-bond acceptors (Lipinski definition) is 4. The van der Waals surface area contributed by atoms with Gasteiger partial charge in [-0.15, -0.1) is 0 Å². The maximum atomic E-state index is 11.1. The van der Waals surface area contributed by atoms with E-state index in [-0.39, 0.29) is 12.2 Å². The van der Waals surface area contributed by atoms with Crippen LogP contribution in [0.15, 0.2) is 12.2 Å². The van der Waals surface area contributed by atoms with Gasteiger partial charge in [-0.3, -0.25) is 4.79 Å². The van der Waals surface area contributed by atoms with Crippen LogP contribution in [0.3, 0.4) is 0 Å². The van der Waals surface area contributed by atoms with Gasteiger partial charge in [0.1, 0.15) is 12.5 Å². The van der Waals surface area contributed by atoms with Crippen LogP contribution in [-0.4, -0.2) is 25.2 Å².